The van der Waals surface area contributed by atoms with E-state index in [1.165, 1.54) is 0 Å². The van der Waals surface area contributed by atoms with Crippen molar-refractivity contribution in [3.63, 3.8) is 0 Å². The predicted molar refractivity (Wildman–Crippen MR) is 79.8 cm³/mol. The van der Waals surface area contributed by atoms with E-state index in [0.717, 1.165) is 5.56 Å². The average Bonchev–Trinajstić information content (AvgIpc) is 3.09. The van der Waals surface area contributed by atoms with Gasteiger partial charge in [0, 0.05) is 0 Å². The van der Waals surface area contributed by atoms with Crippen molar-refractivity contribution < 1.29 is 19.4 Å². The van der Waals surface area contributed by atoms with Crippen LogP contribution >= 0.6 is 11.6 Å². The van der Waals surface area contributed by atoms with Crippen molar-refractivity contribution in [2.24, 2.45) is 5.92 Å². The molecule has 2 rings (SSSR count). The fourth-order valence-corrected chi connectivity index (χ4v) is 2.35. The van der Waals surface area contributed by atoms with E-state index in [9.17, 15) is 9.59 Å². The fourth-order valence-electron chi connectivity index (χ4n) is 2.11. The second-order valence-corrected chi connectivity index (χ2v) is 6.56. The average molecular weight is 312 g/mol. The monoisotopic (exact) mass is 311 g/mol. The van der Waals surface area contributed by atoms with E-state index in [-0.39, 0.29) is 11.8 Å². The number of ether oxygens (including phenoxy) is 1. The van der Waals surface area contributed by atoms with Gasteiger partial charge in [-0.2, -0.15) is 0 Å². The summed E-state index contributed by atoms with van der Waals surface area (Å²) in [7, 11) is 0. The summed E-state index contributed by atoms with van der Waals surface area (Å²) in [5, 5.41) is 11.9. The Bertz CT molecular complexity index is 580. The maximum Gasteiger partial charge on any atom is 0.412 e. The van der Waals surface area contributed by atoms with E-state index in [1.54, 1.807) is 39.0 Å². The molecule has 21 heavy (non-hydrogen) atoms. The molecule has 0 aromatic heterocycles. The van der Waals surface area contributed by atoms with Crippen LogP contribution in [0.2, 0.25) is 5.02 Å². The molecule has 1 aliphatic carbocycles. The Morgan fingerprint density at radius 1 is 1.38 bits per heavy atom. The summed E-state index contributed by atoms with van der Waals surface area (Å²) in [6.45, 7) is 5.32. The van der Waals surface area contributed by atoms with Gasteiger partial charge in [-0.05, 0) is 50.8 Å². The van der Waals surface area contributed by atoms with Gasteiger partial charge >= 0.3 is 12.1 Å². The lowest BCUT2D eigenvalue weighted by atomic mass is 10.1. The first-order valence-electron chi connectivity index (χ1n) is 6.69. The van der Waals surface area contributed by atoms with Crippen molar-refractivity contribution in [2.45, 2.75) is 38.7 Å². The molecule has 5 nitrogen and oxygen atoms in total. The molecule has 1 aromatic carbocycles. The zero-order valence-electron chi connectivity index (χ0n) is 12.1. The predicted octanol–water partition coefficient (Wildman–Crippen LogP) is 3.88. The van der Waals surface area contributed by atoms with Crippen molar-refractivity contribution >= 4 is 29.4 Å². The van der Waals surface area contributed by atoms with Gasteiger partial charge in [0.05, 0.1) is 16.6 Å². The molecule has 0 saturated heterocycles. The quantitative estimate of drug-likeness (QED) is 0.888. The summed E-state index contributed by atoms with van der Waals surface area (Å²) in [6.07, 6.45) is 0.0526. The van der Waals surface area contributed by atoms with Crippen LogP contribution in [0.5, 0.6) is 0 Å². The Morgan fingerprint density at radius 3 is 2.52 bits per heavy atom. The number of hydrogen-bond donors (Lipinski definition) is 2. The first-order chi connectivity index (χ1) is 9.67. The molecular formula is C15H18ClNO4. The number of carboxylic acids is 1. The van der Waals surface area contributed by atoms with Crippen LogP contribution in [0, 0.1) is 5.92 Å². The van der Waals surface area contributed by atoms with Gasteiger partial charge in [-0.25, -0.2) is 4.79 Å². The number of halogens is 1. The zero-order chi connectivity index (χ0) is 15.8. The molecule has 0 spiro atoms. The molecule has 2 N–H and O–H groups in total. The number of benzene rings is 1. The molecule has 0 bridgehead atoms. The molecule has 2 atom stereocenters. The Morgan fingerprint density at radius 2 is 2.05 bits per heavy atom. The normalized spacial score (nSPS) is 20.8. The maximum atomic E-state index is 11.7. The number of carbonyl (C=O) groups is 2. The van der Waals surface area contributed by atoms with Crippen LogP contribution in [0.4, 0.5) is 10.5 Å². The number of amides is 1. The third kappa shape index (κ3) is 4.11. The van der Waals surface area contributed by atoms with Crippen molar-refractivity contribution in [1.82, 2.24) is 0 Å². The standard InChI is InChI=1S/C15H18ClNO4/c1-15(2,3)21-14(20)17-12-5-4-8(6-11(12)16)9-7-10(9)13(18)19/h4-6,9-10H,7H2,1-3H3,(H,17,20)(H,18,19). The largest absolute Gasteiger partial charge is 0.481 e. The van der Waals surface area contributed by atoms with Gasteiger partial charge in [-0.1, -0.05) is 17.7 Å². The molecule has 1 aromatic rings. The van der Waals surface area contributed by atoms with Crippen LogP contribution in [-0.4, -0.2) is 22.8 Å². The van der Waals surface area contributed by atoms with E-state index in [0.29, 0.717) is 17.1 Å². The van der Waals surface area contributed by atoms with E-state index < -0.39 is 17.7 Å². The van der Waals surface area contributed by atoms with Crippen LogP contribution in [0.25, 0.3) is 0 Å². The molecule has 1 aliphatic rings. The van der Waals surface area contributed by atoms with Gasteiger partial charge in [0.1, 0.15) is 5.60 Å². The first-order valence-corrected chi connectivity index (χ1v) is 7.07. The molecule has 0 heterocycles. The highest BCUT2D eigenvalue weighted by Crippen LogP contribution is 2.48. The van der Waals surface area contributed by atoms with Gasteiger partial charge in [-0.15, -0.1) is 0 Å². The molecular weight excluding hydrogens is 294 g/mol. The minimum absolute atomic E-state index is 0.00979. The Balaban J connectivity index is 2.03. The number of aliphatic carboxylic acids is 1. The molecule has 1 fully saturated rings. The van der Waals surface area contributed by atoms with Crippen LogP contribution in [0.3, 0.4) is 0 Å². The third-order valence-corrected chi connectivity index (χ3v) is 3.48. The summed E-state index contributed by atoms with van der Waals surface area (Å²) in [5.74, 6) is -1.10. The Labute approximate surface area is 128 Å². The molecule has 6 heteroatoms. The highest BCUT2D eigenvalue weighted by Gasteiger charge is 2.44. The van der Waals surface area contributed by atoms with E-state index in [1.807, 2.05) is 0 Å². The minimum Gasteiger partial charge on any atom is -0.481 e. The number of nitrogens with one attached hydrogen (secondary N) is 1. The number of carbonyl (C=O) groups excluding carboxylic acids is 1. The number of hydrogen-bond acceptors (Lipinski definition) is 3. The van der Waals surface area contributed by atoms with Gasteiger partial charge in [-0.3, -0.25) is 10.1 Å². The second-order valence-electron chi connectivity index (χ2n) is 6.15. The van der Waals surface area contributed by atoms with Gasteiger partial charge in [0.2, 0.25) is 0 Å². The first kappa shape index (κ1) is 15.6. The second kappa shape index (κ2) is 5.56. The van der Waals surface area contributed by atoms with Gasteiger partial charge in [0.15, 0.2) is 0 Å². The third-order valence-electron chi connectivity index (χ3n) is 3.16. The summed E-state index contributed by atoms with van der Waals surface area (Å²) in [6, 6.07) is 5.15. The van der Waals surface area contributed by atoms with Crippen molar-refractivity contribution in [3.05, 3.63) is 28.8 Å². The molecule has 0 aliphatic heterocycles. The van der Waals surface area contributed by atoms with E-state index in [2.05, 4.69) is 5.32 Å². The molecule has 114 valence electrons. The van der Waals surface area contributed by atoms with E-state index >= 15 is 0 Å². The maximum absolute atomic E-state index is 11.7. The van der Waals surface area contributed by atoms with Crippen LogP contribution in [0.15, 0.2) is 18.2 Å². The van der Waals surface area contributed by atoms with Gasteiger partial charge in [0.25, 0.3) is 0 Å². The van der Waals surface area contributed by atoms with Gasteiger partial charge < -0.3 is 9.84 Å². The fraction of sp³-hybridized carbons (Fsp3) is 0.467. The van der Waals surface area contributed by atoms with Crippen molar-refractivity contribution in [3.8, 4) is 0 Å². The lowest BCUT2D eigenvalue weighted by molar-refractivity contribution is -0.138. The topological polar surface area (TPSA) is 75.6 Å². The van der Waals surface area contributed by atoms with Crippen molar-refractivity contribution in [2.75, 3.05) is 5.32 Å². The lowest BCUT2D eigenvalue weighted by Gasteiger charge is -2.20. The summed E-state index contributed by atoms with van der Waals surface area (Å²) in [5.41, 5.74) is 0.739. The Hall–Kier alpha value is -1.75. The number of carboxylic acid groups (broad SMARTS) is 1. The SMILES string of the molecule is CC(C)(C)OC(=O)Nc1ccc(C2CC2C(=O)O)cc1Cl. The van der Waals surface area contributed by atoms with Crippen LogP contribution < -0.4 is 5.32 Å². The summed E-state index contributed by atoms with van der Waals surface area (Å²) < 4.78 is 5.15. The van der Waals surface area contributed by atoms with Crippen molar-refractivity contribution in [1.29, 1.82) is 0 Å². The Kier molecular flexibility index (Phi) is 4.14. The summed E-state index contributed by atoms with van der Waals surface area (Å²) >= 11 is 6.13. The highest BCUT2D eigenvalue weighted by atomic mass is 35.5. The molecule has 2 unspecified atom stereocenters. The lowest BCUT2D eigenvalue weighted by Crippen LogP contribution is -2.27. The number of rotatable bonds is 3. The smallest absolute Gasteiger partial charge is 0.412 e. The number of anilines is 1. The molecule has 1 amide bonds. The molecule has 1 saturated carbocycles. The zero-order valence-corrected chi connectivity index (χ0v) is 12.9. The van der Waals surface area contributed by atoms with Crippen LogP contribution in [0.1, 0.15) is 38.7 Å². The minimum atomic E-state index is -0.785. The van der Waals surface area contributed by atoms with E-state index in [4.69, 9.17) is 21.4 Å². The summed E-state index contributed by atoms with van der Waals surface area (Å²) in [4.78, 5) is 22.6. The van der Waals surface area contributed by atoms with Crippen LogP contribution in [-0.2, 0) is 9.53 Å². The molecule has 0 radical (unpaired) electrons. The highest BCUT2D eigenvalue weighted by molar-refractivity contribution is 6.33.